The van der Waals surface area contributed by atoms with Gasteiger partial charge >= 0.3 is 0 Å². The molecule has 1 aromatic heterocycles. The van der Waals surface area contributed by atoms with Crippen LogP contribution in [0.2, 0.25) is 0 Å². The lowest BCUT2D eigenvalue weighted by atomic mass is 9.87. The summed E-state index contributed by atoms with van der Waals surface area (Å²) < 4.78 is 4.94. The maximum atomic E-state index is 12.1. The number of anilines is 1. The second-order valence-corrected chi connectivity index (χ2v) is 5.04. The molecule has 0 saturated heterocycles. The van der Waals surface area contributed by atoms with Crippen LogP contribution in [0.1, 0.15) is 26.5 Å². The van der Waals surface area contributed by atoms with Crippen LogP contribution in [0.3, 0.4) is 0 Å². The first-order chi connectivity index (χ1) is 7.39. The molecule has 0 radical (unpaired) electrons. The number of nitrogens with zero attached hydrogens (tertiary/aromatic N) is 3. The largest absolute Gasteiger partial charge is 0.360 e. The highest BCUT2D eigenvalue weighted by molar-refractivity contribution is 6.14. The fourth-order valence-corrected chi connectivity index (χ4v) is 1.62. The second kappa shape index (κ2) is 3.43. The number of aromatic nitrogens is 1. The molecule has 5 heteroatoms. The Hall–Kier alpha value is -1.65. The minimum atomic E-state index is -0.343. The van der Waals surface area contributed by atoms with Gasteiger partial charge in [0.05, 0.1) is 6.34 Å². The Kier molecular flexibility index (Phi) is 2.33. The summed E-state index contributed by atoms with van der Waals surface area (Å²) in [5.74, 6) is 1.12. The lowest BCUT2D eigenvalue weighted by Gasteiger charge is -2.23. The summed E-state index contributed by atoms with van der Waals surface area (Å²) in [5, 5.41) is 3.80. The summed E-state index contributed by atoms with van der Waals surface area (Å²) in [5.41, 5.74) is -0.179. The molecule has 0 saturated carbocycles. The third-order valence-electron chi connectivity index (χ3n) is 2.49. The second-order valence-electron chi connectivity index (χ2n) is 5.04. The molecule has 1 unspecified atom stereocenters. The van der Waals surface area contributed by atoms with E-state index in [0.717, 1.165) is 0 Å². The van der Waals surface area contributed by atoms with Crippen molar-refractivity contribution in [1.82, 2.24) is 5.16 Å². The van der Waals surface area contributed by atoms with Gasteiger partial charge in [0, 0.05) is 6.07 Å². The van der Waals surface area contributed by atoms with E-state index in [1.165, 1.54) is 11.2 Å². The van der Waals surface area contributed by atoms with Gasteiger partial charge in [0.1, 0.15) is 11.8 Å². The van der Waals surface area contributed by atoms with Crippen LogP contribution in [0, 0.1) is 12.3 Å². The molecule has 1 aromatic rings. The minimum Gasteiger partial charge on any atom is -0.360 e. The van der Waals surface area contributed by atoms with E-state index in [9.17, 15) is 4.79 Å². The van der Waals surface area contributed by atoms with Crippen molar-refractivity contribution in [3.05, 3.63) is 11.8 Å². The molecule has 5 nitrogen and oxygen atoms in total. The monoisotopic (exact) mass is 221 g/mol. The first kappa shape index (κ1) is 10.9. The van der Waals surface area contributed by atoms with Gasteiger partial charge in [-0.3, -0.25) is 14.7 Å². The van der Waals surface area contributed by atoms with E-state index in [1.54, 1.807) is 13.0 Å². The third-order valence-corrected chi connectivity index (χ3v) is 2.49. The molecule has 16 heavy (non-hydrogen) atoms. The van der Waals surface area contributed by atoms with Crippen molar-refractivity contribution in [2.75, 3.05) is 4.90 Å². The summed E-state index contributed by atoms with van der Waals surface area (Å²) in [6.07, 6.45) is 1.52. The highest BCUT2D eigenvalue weighted by Crippen LogP contribution is 2.28. The Morgan fingerprint density at radius 1 is 1.44 bits per heavy atom. The van der Waals surface area contributed by atoms with Gasteiger partial charge in [-0.25, -0.2) is 0 Å². The van der Waals surface area contributed by atoms with Crippen molar-refractivity contribution < 1.29 is 9.32 Å². The van der Waals surface area contributed by atoms with Crippen molar-refractivity contribution in [1.29, 1.82) is 0 Å². The highest BCUT2D eigenvalue weighted by atomic mass is 16.5. The minimum absolute atomic E-state index is 0.0548. The van der Waals surface area contributed by atoms with Crippen LogP contribution in [-0.4, -0.2) is 23.4 Å². The van der Waals surface area contributed by atoms with E-state index in [-0.39, 0.29) is 17.4 Å². The molecule has 86 valence electrons. The smallest absolute Gasteiger partial charge is 0.258 e. The Labute approximate surface area is 94.1 Å². The molecule has 1 aliphatic heterocycles. The van der Waals surface area contributed by atoms with Gasteiger partial charge in [0.25, 0.3) is 5.91 Å². The first-order valence-corrected chi connectivity index (χ1v) is 5.19. The van der Waals surface area contributed by atoms with Crippen LogP contribution in [0.25, 0.3) is 0 Å². The molecule has 0 aliphatic carbocycles. The highest BCUT2D eigenvalue weighted by Gasteiger charge is 2.38. The average Bonchev–Trinajstić information content (AvgIpc) is 2.70. The summed E-state index contributed by atoms with van der Waals surface area (Å²) in [6, 6.07) is 1.37. The fourth-order valence-electron chi connectivity index (χ4n) is 1.62. The van der Waals surface area contributed by atoms with Crippen LogP contribution in [0.15, 0.2) is 15.6 Å². The molecular weight excluding hydrogens is 206 g/mol. The number of hydrogen-bond acceptors (Lipinski definition) is 4. The van der Waals surface area contributed by atoms with Gasteiger partial charge in [0.15, 0.2) is 5.82 Å². The van der Waals surface area contributed by atoms with Crippen LogP contribution in [0.5, 0.6) is 0 Å². The molecule has 1 atom stereocenters. The number of carbonyl (C=O) groups is 1. The number of rotatable bonds is 1. The number of aryl methyl sites for hydroxylation is 1. The molecule has 0 aromatic carbocycles. The topological polar surface area (TPSA) is 58.7 Å². The van der Waals surface area contributed by atoms with E-state index in [0.29, 0.717) is 11.6 Å². The van der Waals surface area contributed by atoms with Gasteiger partial charge in [-0.1, -0.05) is 25.9 Å². The maximum Gasteiger partial charge on any atom is 0.258 e. The van der Waals surface area contributed by atoms with Gasteiger partial charge in [-0.05, 0) is 12.3 Å². The first-order valence-electron chi connectivity index (χ1n) is 5.19. The number of aliphatic imine (C=N–C) groups is 1. The van der Waals surface area contributed by atoms with E-state index < -0.39 is 0 Å². The number of hydrogen-bond donors (Lipinski definition) is 0. The van der Waals surface area contributed by atoms with Crippen LogP contribution < -0.4 is 4.90 Å². The lowest BCUT2D eigenvalue weighted by molar-refractivity contribution is -0.120. The van der Waals surface area contributed by atoms with Gasteiger partial charge < -0.3 is 4.52 Å². The molecule has 0 spiro atoms. The number of carbonyl (C=O) groups excluding carboxylic acids is 1. The Morgan fingerprint density at radius 2 is 2.12 bits per heavy atom. The van der Waals surface area contributed by atoms with E-state index in [4.69, 9.17) is 4.52 Å². The molecule has 2 rings (SSSR count). The average molecular weight is 221 g/mol. The molecule has 0 fully saturated rings. The molecule has 0 bridgehead atoms. The maximum absolute atomic E-state index is 12.1. The molecular formula is C11H15N3O2. The number of amides is 1. The van der Waals surface area contributed by atoms with Crippen molar-refractivity contribution in [2.24, 2.45) is 10.4 Å². The van der Waals surface area contributed by atoms with Gasteiger partial charge in [-0.2, -0.15) is 0 Å². The molecule has 2 heterocycles. The summed E-state index contributed by atoms with van der Waals surface area (Å²) in [7, 11) is 0. The standard InChI is InChI=1S/C11H15N3O2/c1-7-5-8(13-16-7)14-6-12-9(10(14)15)11(2,3)4/h5-6,9H,1-4H3. The predicted molar refractivity (Wildman–Crippen MR) is 60.5 cm³/mol. The van der Waals surface area contributed by atoms with E-state index in [2.05, 4.69) is 10.1 Å². The van der Waals surface area contributed by atoms with Crippen LogP contribution >= 0.6 is 0 Å². The zero-order valence-corrected chi connectivity index (χ0v) is 9.89. The summed E-state index contributed by atoms with van der Waals surface area (Å²) in [4.78, 5) is 17.7. The van der Waals surface area contributed by atoms with Crippen molar-refractivity contribution in [3.63, 3.8) is 0 Å². The van der Waals surface area contributed by atoms with Gasteiger partial charge in [0.2, 0.25) is 0 Å². The normalized spacial score (nSPS) is 20.9. The SMILES string of the molecule is Cc1cc(N2C=NC(C(C)(C)C)C2=O)no1. The predicted octanol–water partition coefficient (Wildman–Crippen LogP) is 1.77. The molecule has 0 N–H and O–H groups in total. The molecule has 1 aliphatic rings. The van der Waals surface area contributed by atoms with Crippen molar-refractivity contribution in [2.45, 2.75) is 33.7 Å². The quantitative estimate of drug-likeness (QED) is 0.726. The zero-order valence-electron chi connectivity index (χ0n) is 9.89. The third kappa shape index (κ3) is 1.73. The van der Waals surface area contributed by atoms with Crippen LogP contribution in [0.4, 0.5) is 5.82 Å². The lowest BCUT2D eigenvalue weighted by Crippen LogP contribution is -2.38. The van der Waals surface area contributed by atoms with Gasteiger partial charge in [-0.15, -0.1) is 0 Å². The zero-order chi connectivity index (χ0) is 11.9. The van der Waals surface area contributed by atoms with Crippen molar-refractivity contribution >= 4 is 18.1 Å². The van der Waals surface area contributed by atoms with E-state index in [1.807, 2.05) is 20.8 Å². The summed E-state index contributed by atoms with van der Waals surface area (Å²) in [6.45, 7) is 7.76. The molecule has 1 amide bonds. The Balaban J connectivity index is 2.24. The van der Waals surface area contributed by atoms with Crippen LogP contribution in [-0.2, 0) is 4.79 Å². The summed E-state index contributed by atoms with van der Waals surface area (Å²) >= 11 is 0. The fraction of sp³-hybridized carbons (Fsp3) is 0.545. The van der Waals surface area contributed by atoms with Crippen molar-refractivity contribution in [3.8, 4) is 0 Å². The Bertz CT molecular complexity index is 442. The van der Waals surface area contributed by atoms with E-state index >= 15 is 0 Å². The Morgan fingerprint density at radius 3 is 2.56 bits per heavy atom.